The molecule has 2 fully saturated rings. The summed E-state index contributed by atoms with van der Waals surface area (Å²) < 4.78 is 30.9. The smallest absolute Gasteiger partial charge is 0.225 e. The molecule has 7 nitrogen and oxygen atoms in total. The lowest BCUT2D eigenvalue weighted by molar-refractivity contribution is 0.0435. The van der Waals surface area contributed by atoms with Gasteiger partial charge in [-0.25, -0.2) is 22.7 Å². The number of rotatable bonds is 7. The van der Waals surface area contributed by atoms with Crippen molar-refractivity contribution in [3.05, 3.63) is 29.6 Å². The molecular weight excluding hydrogens is 424 g/mol. The van der Waals surface area contributed by atoms with Crippen LogP contribution in [0.2, 0.25) is 5.02 Å². The average Bonchev–Trinajstić information content (AvgIpc) is 2.71. The Morgan fingerprint density at radius 1 is 1.03 bits per heavy atom. The topological polar surface area (TPSA) is 75.6 Å². The van der Waals surface area contributed by atoms with Gasteiger partial charge in [-0.15, -0.1) is 0 Å². The number of aromatic nitrogens is 2. The summed E-state index contributed by atoms with van der Waals surface area (Å²) in [5.74, 6) is 3.02. The zero-order valence-corrected chi connectivity index (χ0v) is 19.1. The van der Waals surface area contributed by atoms with Gasteiger partial charge in [0.15, 0.2) is 0 Å². The molecule has 0 amide bonds. The van der Waals surface area contributed by atoms with Crippen molar-refractivity contribution in [2.45, 2.75) is 25.7 Å². The van der Waals surface area contributed by atoms with Gasteiger partial charge in [0, 0.05) is 38.7 Å². The van der Waals surface area contributed by atoms with E-state index in [1.165, 1.54) is 6.26 Å². The molecule has 1 aromatic heterocycles. The molecule has 4 rings (SSSR count). The van der Waals surface area contributed by atoms with Gasteiger partial charge < -0.3 is 9.64 Å². The molecule has 0 radical (unpaired) electrons. The van der Waals surface area contributed by atoms with Crippen LogP contribution in [0.4, 0.5) is 5.95 Å². The minimum atomic E-state index is -3.06. The molecule has 166 valence electrons. The lowest BCUT2D eigenvalue weighted by atomic mass is 9.71. The van der Waals surface area contributed by atoms with Gasteiger partial charge in [-0.05, 0) is 43.4 Å². The summed E-state index contributed by atoms with van der Waals surface area (Å²) in [6.07, 6.45) is 13.3. The number of halogens is 1. The first-order valence-electron chi connectivity index (χ1n) is 10.8. The summed E-state index contributed by atoms with van der Waals surface area (Å²) in [7, 11) is -3.06. The molecular formula is C21H31ClN4O3S. The molecule has 0 saturated carbocycles. The van der Waals surface area contributed by atoms with E-state index >= 15 is 0 Å². The van der Waals surface area contributed by atoms with Crippen molar-refractivity contribution in [1.82, 2.24) is 14.3 Å². The van der Waals surface area contributed by atoms with E-state index in [2.05, 4.69) is 27.0 Å². The summed E-state index contributed by atoms with van der Waals surface area (Å²) in [6, 6.07) is 0. The molecule has 3 aliphatic rings. The third-order valence-corrected chi connectivity index (χ3v) is 8.25. The summed E-state index contributed by atoms with van der Waals surface area (Å²) in [5.41, 5.74) is 0. The minimum Gasteiger partial charge on any atom is -0.381 e. The van der Waals surface area contributed by atoms with Gasteiger partial charge in [0.05, 0.1) is 30.3 Å². The second kappa shape index (κ2) is 9.51. The molecule has 0 spiro atoms. The molecule has 0 unspecified atom stereocenters. The first-order valence-corrected chi connectivity index (χ1v) is 13.1. The number of hydrogen-bond acceptors (Lipinski definition) is 6. The van der Waals surface area contributed by atoms with Crippen LogP contribution in [-0.2, 0) is 14.8 Å². The second-order valence-corrected chi connectivity index (χ2v) is 11.2. The normalized spacial score (nSPS) is 26.7. The van der Waals surface area contributed by atoms with Crippen LogP contribution < -0.4 is 4.90 Å². The lowest BCUT2D eigenvalue weighted by Gasteiger charge is -2.41. The summed E-state index contributed by atoms with van der Waals surface area (Å²) in [6.45, 7) is 4.70. The zero-order valence-electron chi connectivity index (χ0n) is 17.5. The van der Waals surface area contributed by atoms with Gasteiger partial charge in [-0.3, -0.25) is 0 Å². The van der Waals surface area contributed by atoms with E-state index in [0.717, 1.165) is 57.9 Å². The zero-order chi connectivity index (χ0) is 21.1. The Kier molecular flexibility index (Phi) is 6.97. The number of nitrogens with zero attached hydrogens (tertiary/aromatic N) is 4. The molecule has 0 bridgehead atoms. The van der Waals surface area contributed by atoms with E-state index in [4.69, 9.17) is 16.3 Å². The molecule has 0 aromatic carbocycles. The number of piperidine rings is 2. The minimum absolute atomic E-state index is 0.466. The van der Waals surface area contributed by atoms with Crippen LogP contribution in [0.25, 0.3) is 0 Å². The summed E-state index contributed by atoms with van der Waals surface area (Å²) >= 11 is 5.88. The van der Waals surface area contributed by atoms with Crippen molar-refractivity contribution >= 4 is 27.6 Å². The highest BCUT2D eigenvalue weighted by Gasteiger charge is 2.34. The number of allylic oxidation sites excluding steroid dienone is 1. The van der Waals surface area contributed by atoms with Gasteiger partial charge in [0.1, 0.15) is 0 Å². The van der Waals surface area contributed by atoms with E-state index < -0.39 is 10.0 Å². The highest BCUT2D eigenvalue weighted by atomic mass is 35.5. The van der Waals surface area contributed by atoms with Gasteiger partial charge in [-0.2, -0.15) is 0 Å². The second-order valence-electron chi connectivity index (χ2n) is 8.79. The van der Waals surface area contributed by atoms with Crippen LogP contribution >= 0.6 is 11.6 Å². The molecule has 2 atom stereocenters. The Balaban J connectivity index is 1.16. The molecule has 1 aliphatic carbocycles. The van der Waals surface area contributed by atoms with Gasteiger partial charge in [-0.1, -0.05) is 23.8 Å². The highest BCUT2D eigenvalue weighted by Crippen LogP contribution is 2.38. The Morgan fingerprint density at radius 3 is 2.27 bits per heavy atom. The Bertz CT molecular complexity index is 832. The molecule has 9 heteroatoms. The largest absolute Gasteiger partial charge is 0.381 e. The predicted octanol–water partition coefficient (Wildman–Crippen LogP) is 2.84. The molecule has 1 aromatic rings. The van der Waals surface area contributed by atoms with Crippen LogP contribution in [0.15, 0.2) is 24.5 Å². The monoisotopic (exact) mass is 454 g/mol. The molecule has 2 saturated heterocycles. The molecule has 30 heavy (non-hydrogen) atoms. The number of hydrogen-bond donors (Lipinski definition) is 0. The fourth-order valence-electron chi connectivity index (χ4n) is 4.80. The van der Waals surface area contributed by atoms with Crippen molar-refractivity contribution in [2.24, 2.45) is 23.7 Å². The van der Waals surface area contributed by atoms with Crippen molar-refractivity contribution in [3.8, 4) is 0 Å². The summed E-state index contributed by atoms with van der Waals surface area (Å²) in [4.78, 5) is 10.9. The first kappa shape index (κ1) is 22.0. The van der Waals surface area contributed by atoms with E-state index in [9.17, 15) is 8.42 Å². The van der Waals surface area contributed by atoms with Crippen molar-refractivity contribution in [3.63, 3.8) is 0 Å². The van der Waals surface area contributed by atoms with E-state index in [1.807, 2.05) is 0 Å². The highest BCUT2D eigenvalue weighted by molar-refractivity contribution is 7.88. The quantitative estimate of drug-likeness (QED) is 0.589. The molecule has 2 aliphatic heterocycles. The SMILES string of the molecule is CS(=O)(=O)N1CCC(COC[C@@H]2C=C[C@@H]2C2CCN(c3ncc(Cl)cn3)CC2)CC1. The summed E-state index contributed by atoms with van der Waals surface area (Å²) in [5, 5.41) is 0.567. The average molecular weight is 455 g/mol. The predicted molar refractivity (Wildman–Crippen MR) is 118 cm³/mol. The third kappa shape index (κ3) is 5.33. The van der Waals surface area contributed by atoms with Crippen molar-refractivity contribution in [2.75, 3.05) is 50.5 Å². The van der Waals surface area contributed by atoms with Crippen molar-refractivity contribution in [1.29, 1.82) is 0 Å². The first-order chi connectivity index (χ1) is 14.4. The fraction of sp³-hybridized carbons (Fsp3) is 0.714. The number of sulfonamides is 1. The van der Waals surface area contributed by atoms with Crippen LogP contribution in [-0.4, -0.2) is 68.3 Å². The van der Waals surface area contributed by atoms with Crippen LogP contribution in [0.5, 0.6) is 0 Å². The number of ether oxygens (including phenoxy) is 1. The molecule has 0 N–H and O–H groups in total. The van der Waals surface area contributed by atoms with Gasteiger partial charge >= 0.3 is 0 Å². The van der Waals surface area contributed by atoms with E-state index in [-0.39, 0.29) is 0 Å². The van der Waals surface area contributed by atoms with Crippen LogP contribution in [0.1, 0.15) is 25.7 Å². The van der Waals surface area contributed by atoms with Crippen molar-refractivity contribution < 1.29 is 13.2 Å². The Hall–Kier alpha value is -1.22. The fourth-order valence-corrected chi connectivity index (χ4v) is 5.77. The maximum absolute atomic E-state index is 11.6. The third-order valence-electron chi connectivity index (χ3n) is 6.75. The lowest BCUT2D eigenvalue weighted by Crippen LogP contribution is -2.41. The Labute approximate surface area is 184 Å². The van der Waals surface area contributed by atoms with Gasteiger partial charge in [0.2, 0.25) is 16.0 Å². The maximum atomic E-state index is 11.6. The standard InChI is InChI=1S/C21H31ClN4O3S/c1-30(27,28)26-10-4-16(5-11-26)14-29-15-18-2-3-20(18)17-6-8-25(9-7-17)21-23-12-19(22)13-24-21/h2-3,12-13,16-18,20H,4-11,14-15H2,1H3/t18-,20+/m0/s1. The van der Waals surface area contributed by atoms with Gasteiger partial charge in [0.25, 0.3) is 0 Å². The Morgan fingerprint density at radius 2 is 1.70 bits per heavy atom. The van der Waals surface area contributed by atoms with E-state index in [1.54, 1.807) is 16.7 Å². The van der Waals surface area contributed by atoms with Crippen LogP contribution in [0.3, 0.4) is 0 Å². The van der Waals surface area contributed by atoms with Crippen LogP contribution in [0, 0.1) is 23.7 Å². The maximum Gasteiger partial charge on any atom is 0.225 e. The number of anilines is 1. The van der Waals surface area contributed by atoms with E-state index in [0.29, 0.717) is 41.8 Å². The molecule has 3 heterocycles.